The lowest BCUT2D eigenvalue weighted by atomic mass is 10.1. The molecule has 8 heteroatoms. The van der Waals surface area contributed by atoms with Gasteiger partial charge in [-0.2, -0.15) is 18.2 Å². The molecule has 164 valence electrons. The Morgan fingerprint density at radius 3 is 2.39 bits per heavy atom. The minimum atomic E-state index is -4.58. The fraction of sp³-hybridized carbons (Fsp3) is 0.304. The molecule has 1 heterocycles. The zero-order valence-electron chi connectivity index (χ0n) is 17.6. The van der Waals surface area contributed by atoms with E-state index in [1.54, 1.807) is 42.5 Å². The van der Waals surface area contributed by atoms with Crippen molar-refractivity contribution < 1.29 is 17.9 Å². The van der Waals surface area contributed by atoms with E-state index in [0.29, 0.717) is 29.6 Å². The van der Waals surface area contributed by atoms with Crippen molar-refractivity contribution in [1.29, 1.82) is 0 Å². The molecule has 0 radical (unpaired) electrons. The molecular formula is C23H25F3N4O. The van der Waals surface area contributed by atoms with Crippen LogP contribution >= 0.6 is 0 Å². The van der Waals surface area contributed by atoms with Crippen LogP contribution in [0.2, 0.25) is 0 Å². The van der Waals surface area contributed by atoms with Crippen LogP contribution in [0.1, 0.15) is 31.9 Å². The van der Waals surface area contributed by atoms with Gasteiger partial charge < -0.3 is 15.4 Å². The number of nitrogens with zero attached hydrogens (tertiary/aromatic N) is 2. The highest BCUT2D eigenvalue weighted by Gasteiger charge is 2.35. The van der Waals surface area contributed by atoms with Gasteiger partial charge in [-0.25, -0.2) is 4.98 Å². The molecule has 2 N–H and O–H groups in total. The third kappa shape index (κ3) is 6.34. The normalized spacial score (nSPS) is 11.5. The fourth-order valence-corrected chi connectivity index (χ4v) is 2.78. The number of benzene rings is 2. The van der Waals surface area contributed by atoms with E-state index >= 15 is 0 Å². The Morgan fingerprint density at radius 2 is 1.74 bits per heavy atom. The minimum Gasteiger partial charge on any atom is -0.493 e. The van der Waals surface area contributed by atoms with Crippen LogP contribution in [-0.4, -0.2) is 16.6 Å². The molecule has 31 heavy (non-hydrogen) atoms. The standard InChI is InChI=1S/C23H25F3N4O/c1-4-16-6-5-7-18(12-16)28-21-20(23(24,25)26)13-27-22(30-21)29-17-8-10-19(11-9-17)31-14-15(2)3/h5-13,15H,4,14H2,1-3H3,(H2,27,28,29,30). The van der Waals surface area contributed by atoms with Crippen LogP contribution in [0.3, 0.4) is 0 Å². The van der Waals surface area contributed by atoms with Gasteiger partial charge in [-0.1, -0.05) is 32.9 Å². The van der Waals surface area contributed by atoms with Crippen molar-refractivity contribution in [2.45, 2.75) is 33.4 Å². The Labute approximate surface area is 179 Å². The fourth-order valence-electron chi connectivity index (χ4n) is 2.78. The van der Waals surface area contributed by atoms with E-state index in [2.05, 4.69) is 34.4 Å². The van der Waals surface area contributed by atoms with Gasteiger partial charge in [0.05, 0.1) is 6.61 Å². The summed E-state index contributed by atoms with van der Waals surface area (Å²) in [6.07, 6.45) is -3.03. The average Bonchev–Trinajstić information content (AvgIpc) is 2.72. The number of hydrogen-bond donors (Lipinski definition) is 2. The van der Waals surface area contributed by atoms with Crippen LogP contribution in [0, 0.1) is 5.92 Å². The van der Waals surface area contributed by atoms with Crippen molar-refractivity contribution in [3.63, 3.8) is 0 Å². The van der Waals surface area contributed by atoms with Crippen molar-refractivity contribution in [3.8, 4) is 5.75 Å². The molecule has 0 aliphatic heterocycles. The van der Waals surface area contributed by atoms with Crippen molar-refractivity contribution in [2.75, 3.05) is 17.2 Å². The van der Waals surface area contributed by atoms with E-state index in [1.807, 2.05) is 13.0 Å². The lowest BCUT2D eigenvalue weighted by Crippen LogP contribution is -2.12. The molecule has 0 unspecified atom stereocenters. The topological polar surface area (TPSA) is 59.1 Å². The highest BCUT2D eigenvalue weighted by molar-refractivity contribution is 5.63. The summed E-state index contributed by atoms with van der Waals surface area (Å²) >= 11 is 0. The van der Waals surface area contributed by atoms with Crippen LogP contribution in [0.15, 0.2) is 54.7 Å². The number of alkyl halides is 3. The maximum atomic E-state index is 13.5. The van der Waals surface area contributed by atoms with Crippen LogP contribution in [0.5, 0.6) is 5.75 Å². The first-order chi connectivity index (χ1) is 14.7. The van der Waals surface area contributed by atoms with Gasteiger partial charge in [0.25, 0.3) is 0 Å². The van der Waals surface area contributed by atoms with Gasteiger partial charge in [-0.3, -0.25) is 0 Å². The van der Waals surface area contributed by atoms with Gasteiger partial charge in [-0.15, -0.1) is 0 Å². The summed E-state index contributed by atoms with van der Waals surface area (Å²) in [7, 11) is 0. The van der Waals surface area contributed by atoms with Gasteiger partial charge in [-0.05, 0) is 54.3 Å². The lowest BCUT2D eigenvalue weighted by Gasteiger charge is -2.15. The molecule has 0 aliphatic carbocycles. The van der Waals surface area contributed by atoms with Crippen molar-refractivity contribution in [2.24, 2.45) is 5.92 Å². The number of halogens is 3. The van der Waals surface area contributed by atoms with Gasteiger partial charge >= 0.3 is 6.18 Å². The van der Waals surface area contributed by atoms with E-state index in [9.17, 15) is 13.2 Å². The summed E-state index contributed by atoms with van der Waals surface area (Å²) in [5.41, 5.74) is 1.24. The first kappa shape index (κ1) is 22.4. The van der Waals surface area contributed by atoms with E-state index in [0.717, 1.165) is 18.2 Å². The molecule has 0 saturated carbocycles. The number of anilines is 4. The molecule has 0 aliphatic rings. The molecule has 0 fully saturated rings. The van der Waals surface area contributed by atoms with E-state index in [-0.39, 0.29) is 11.8 Å². The molecule has 0 atom stereocenters. The third-order valence-corrected chi connectivity index (χ3v) is 4.39. The van der Waals surface area contributed by atoms with E-state index in [1.165, 1.54) is 0 Å². The van der Waals surface area contributed by atoms with Crippen molar-refractivity contribution in [3.05, 3.63) is 65.9 Å². The monoisotopic (exact) mass is 430 g/mol. The summed E-state index contributed by atoms with van der Waals surface area (Å²) in [4.78, 5) is 7.93. The van der Waals surface area contributed by atoms with Crippen LogP contribution in [-0.2, 0) is 12.6 Å². The second-order valence-electron chi connectivity index (χ2n) is 7.49. The van der Waals surface area contributed by atoms with Gasteiger partial charge in [0, 0.05) is 17.6 Å². The molecule has 0 spiro atoms. The Bertz CT molecular complexity index is 1000. The molecule has 3 rings (SSSR count). The zero-order valence-corrected chi connectivity index (χ0v) is 17.6. The average molecular weight is 430 g/mol. The molecule has 0 amide bonds. The largest absolute Gasteiger partial charge is 0.493 e. The first-order valence-electron chi connectivity index (χ1n) is 10.0. The number of rotatable bonds is 8. The second kappa shape index (κ2) is 9.68. The van der Waals surface area contributed by atoms with E-state index in [4.69, 9.17) is 4.74 Å². The Hall–Kier alpha value is -3.29. The molecule has 2 aromatic carbocycles. The van der Waals surface area contributed by atoms with Crippen LogP contribution < -0.4 is 15.4 Å². The molecule has 0 saturated heterocycles. The number of hydrogen-bond acceptors (Lipinski definition) is 5. The molecule has 3 aromatic rings. The zero-order chi connectivity index (χ0) is 22.4. The highest BCUT2D eigenvalue weighted by atomic mass is 19.4. The molecule has 0 bridgehead atoms. The Kier molecular flexibility index (Phi) is 6.99. The maximum Gasteiger partial charge on any atom is 0.421 e. The smallest absolute Gasteiger partial charge is 0.421 e. The van der Waals surface area contributed by atoms with Crippen LogP contribution in [0.25, 0.3) is 0 Å². The summed E-state index contributed by atoms with van der Waals surface area (Å²) in [5.74, 6) is 0.862. The number of nitrogens with one attached hydrogen (secondary N) is 2. The number of aryl methyl sites for hydroxylation is 1. The maximum absolute atomic E-state index is 13.5. The molecule has 1 aromatic heterocycles. The lowest BCUT2D eigenvalue weighted by molar-refractivity contribution is -0.137. The van der Waals surface area contributed by atoms with E-state index < -0.39 is 11.7 Å². The molecular weight excluding hydrogens is 405 g/mol. The third-order valence-electron chi connectivity index (χ3n) is 4.39. The molecule has 5 nitrogen and oxygen atoms in total. The summed E-state index contributed by atoms with van der Waals surface area (Å²) < 4.78 is 46.1. The highest BCUT2D eigenvalue weighted by Crippen LogP contribution is 2.35. The first-order valence-corrected chi connectivity index (χ1v) is 10.0. The quantitative estimate of drug-likeness (QED) is 0.423. The van der Waals surface area contributed by atoms with Gasteiger partial charge in [0.2, 0.25) is 5.95 Å². The van der Waals surface area contributed by atoms with Crippen LogP contribution in [0.4, 0.5) is 36.3 Å². The number of aromatic nitrogens is 2. The Morgan fingerprint density at radius 1 is 1.00 bits per heavy atom. The summed E-state index contributed by atoms with van der Waals surface area (Å²) in [6.45, 7) is 6.69. The summed E-state index contributed by atoms with van der Waals surface area (Å²) in [6, 6.07) is 14.3. The van der Waals surface area contributed by atoms with Crippen molar-refractivity contribution in [1.82, 2.24) is 9.97 Å². The van der Waals surface area contributed by atoms with Gasteiger partial charge in [0.15, 0.2) is 0 Å². The SMILES string of the molecule is CCc1cccc(Nc2nc(Nc3ccc(OCC(C)C)cc3)ncc2C(F)(F)F)c1. The van der Waals surface area contributed by atoms with Crippen molar-refractivity contribution >= 4 is 23.1 Å². The Balaban J connectivity index is 1.82. The predicted octanol–water partition coefficient (Wildman–Crippen LogP) is 6.58. The number of ether oxygens (including phenoxy) is 1. The minimum absolute atomic E-state index is 0.0537. The van der Waals surface area contributed by atoms with Gasteiger partial charge in [0.1, 0.15) is 17.1 Å². The second-order valence-corrected chi connectivity index (χ2v) is 7.49. The predicted molar refractivity (Wildman–Crippen MR) is 116 cm³/mol. The summed E-state index contributed by atoms with van der Waals surface area (Å²) in [5, 5.41) is 5.72.